The van der Waals surface area contributed by atoms with Crippen LogP contribution in [0.2, 0.25) is 0 Å². The molecule has 1 aromatic carbocycles. The Labute approximate surface area is 122 Å². The van der Waals surface area contributed by atoms with Crippen LogP contribution in [0.5, 0.6) is 0 Å². The average Bonchev–Trinajstić information content (AvgIpc) is 2.37. The summed E-state index contributed by atoms with van der Waals surface area (Å²) < 4.78 is 0. The van der Waals surface area contributed by atoms with Crippen molar-refractivity contribution in [2.24, 2.45) is 11.8 Å². The maximum absolute atomic E-state index is 4.57. The van der Waals surface area contributed by atoms with Crippen LogP contribution in [0.4, 0.5) is 0 Å². The summed E-state index contributed by atoms with van der Waals surface area (Å²) in [7, 11) is 0. The molecule has 0 bridgehead atoms. The molecule has 0 atom stereocenters. The maximum Gasteiger partial charge on any atom is 0.0746 e. The standard InChI is InChI=1S/C18H26N2/c1-14(2)11-20(12-15(3)4)13-17-8-5-7-16-9-6-10-19-18(16)17/h5-10,14-15H,11-13H2,1-4H3. The Morgan fingerprint density at radius 1 is 0.950 bits per heavy atom. The van der Waals surface area contributed by atoms with Gasteiger partial charge in [-0.1, -0.05) is 52.0 Å². The highest BCUT2D eigenvalue weighted by Crippen LogP contribution is 2.18. The summed E-state index contributed by atoms with van der Waals surface area (Å²) in [6.07, 6.45) is 1.89. The second-order valence-corrected chi connectivity index (χ2v) is 6.47. The van der Waals surface area contributed by atoms with E-state index >= 15 is 0 Å². The van der Waals surface area contributed by atoms with Crippen LogP contribution in [0, 0.1) is 11.8 Å². The minimum atomic E-state index is 0.691. The number of benzene rings is 1. The first kappa shape index (κ1) is 15.0. The SMILES string of the molecule is CC(C)CN(Cc1cccc2cccnc12)CC(C)C. The van der Waals surface area contributed by atoms with Crippen molar-refractivity contribution in [2.45, 2.75) is 34.2 Å². The van der Waals surface area contributed by atoms with Gasteiger partial charge in [-0.25, -0.2) is 0 Å². The molecule has 20 heavy (non-hydrogen) atoms. The topological polar surface area (TPSA) is 16.1 Å². The summed E-state index contributed by atoms with van der Waals surface area (Å²) in [5.41, 5.74) is 2.48. The summed E-state index contributed by atoms with van der Waals surface area (Å²) in [6, 6.07) is 10.6. The molecule has 2 aromatic rings. The van der Waals surface area contributed by atoms with E-state index in [1.54, 1.807) is 0 Å². The molecule has 1 heterocycles. The second-order valence-electron chi connectivity index (χ2n) is 6.47. The number of hydrogen-bond acceptors (Lipinski definition) is 2. The van der Waals surface area contributed by atoms with Gasteiger partial charge >= 0.3 is 0 Å². The van der Waals surface area contributed by atoms with Crippen LogP contribution in [-0.2, 0) is 6.54 Å². The molecule has 108 valence electrons. The van der Waals surface area contributed by atoms with E-state index in [0.717, 1.165) is 25.2 Å². The minimum Gasteiger partial charge on any atom is -0.298 e. The first-order valence-electron chi connectivity index (χ1n) is 7.61. The fourth-order valence-electron chi connectivity index (χ4n) is 2.77. The number of para-hydroxylation sites is 1. The quantitative estimate of drug-likeness (QED) is 0.776. The summed E-state index contributed by atoms with van der Waals surface area (Å²) >= 11 is 0. The number of rotatable bonds is 6. The van der Waals surface area contributed by atoms with Crippen molar-refractivity contribution < 1.29 is 0 Å². The largest absolute Gasteiger partial charge is 0.298 e. The average molecular weight is 270 g/mol. The Balaban J connectivity index is 2.23. The highest BCUT2D eigenvalue weighted by molar-refractivity contribution is 5.81. The Morgan fingerprint density at radius 2 is 1.60 bits per heavy atom. The predicted molar refractivity (Wildman–Crippen MR) is 86.7 cm³/mol. The number of fused-ring (bicyclic) bond motifs is 1. The molecule has 0 aliphatic heterocycles. The van der Waals surface area contributed by atoms with Crippen LogP contribution >= 0.6 is 0 Å². The molecule has 1 aromatic heterocycles. The third kappa shape index (κ3) is 4.04. The molecule has 0 saturated carbocycles. The molecule has 2 heteroatoms. The lowest BCUT2D eigenvalue weighted by Crippen LogP contribution is -2.31. The minimum absolute atomic E-state index is 0.691. The van der Waals surface area contributed by atoms with Crippen molar-refractivity contribution >= 4 is 10.9 Å². The van der Waals surface area contributed by atoms with Gasteiger partial charge in [0.2, 0.25) is 0 Å². The smallest absolute Gasteiger partial charge is 0.0746 e. The van der Waals surface area contributed by atoms with Crippen LogP contribution in [0.15, 0.2) is 36.5 Å². The van der Waals surface area contributed by atoms with E-state index in [-0.39, 0.29) is 0 Å². The van der Waals surface area contributed by atoms with Crippen molar-refractivity contribution in [1.82, 2.24) is 9.88 Å². The molecular formula is C18H26N2. The van der Waals surface area contributed by atoms with Crippen LogP contribution in [0.1, 0.15) is 33.3 Å². The Bertz CT molecular complexity index is 531. The van der Waals surface area contributed by atoms with Gasteiger partial charge in [-0.05, 0) is 23.5 Å². The fourth-order valence-corrected chi connectivity index (χ4v) is 2.77. The molecule has 0 saturated heterocycles. The lowest BCUT2D eigenvalue weighted by Gasteiger charge is -2.26. The molecule has 0 fully saturated rings. The van der Waals surface area contributed by atoms with Crippen molar-refractivity contribution in [2.75, 3.05) is 13.1 Å². The third-order valence-corrected chi connectivity index (χ3v) is 3.36. The van der Waals surface area contributed by atoms with Crippen molar-refractivity contribution in [1.29, 1.82) is 0 Å². The predicted octanol–water partition coefficient (Wildman–Crippen LogP) is 4.35. The zero-order valence-corrected chi connectivity index (χ0v) is 13.1. The molecule has 0 aliphatic carbocycles. The summed E-state index contributed by atoms with van der Waals surface area (Å²) in [4.78, 5) is 7.12. The van der Waals surface area contributed by atoms with Gasteiger partial charge in [0.1, 0.15) is 0 Å². The van der Waals surface area contributed by atoms with Gasteiger partial charge in [-0.15, -0.1) is 0 Å². The molecule has 0 aliphatic rings. The Morgan fingerprint density at radius 3 is 2.25 bits per heavy atom. The Kier molecular flexibility index (Phi) is 5.13. The van der Waals surface area contributed by atoms with Crippen LogP contribution in [0.3, 0.4) is 0 Å². The van der Waals surface area contributed by atoms with E-state index in [1.807, 2.05) is 12.3 Å². The highest BCUT2D eigenvalue weighted by Gasteiger charge is 2.12. The third-order valence-electron chi connectivity index (χ3n) is 3.36. The van der Waals surface area contributed by atoms with E-state index in [2.05, 4.69) is 61.8 Å². The van der Waals surface area contributed by atoms with E-state index in [1.165, 1.54) is 10.9 Å². The van der Waals surface area contributed by atoms with Crippen molar-refractivity contribution in [3.05, 3.63) is 42.1 Å². The van der Waals surface area contributed by atoms with E-state index in [9.17, 15) is 0 Å². The van der Waals surface area contributed by atoms with Gasteiger partial charge in [0.05, 0.1) is 5.52 Å². The monoisotopic (exact) mass is 270 g/mol. The molecule has 2 rings (SSSR count). The second kappa shape index (κ2) is 6.85. The van der Waals surface area contributed by atoms with Crippen molar-refractivity contribution in [3.8, 4) is 0 Å². The van der Waals surface area contributed by atoms with Gasteiger partial charge < -0.3 is 0 Å². The molecule has 0 N–H and O–H groups in total. The molecular weight excluding hydrogens is 244 g/mol. The lowest BCUT2D eigenvalue weighted by atomic mass is 10.1. The van der Waals surface area contributed by atoms with Crippen LogP contribution < -0.4 is 0 Å². The first-order valence-corrected chi connectivity index (χ1v) is 7.61. The molecule has 0 spiro atoms. The van der Waals surface area contributed by atoms with Gasteiger partial charge in [-0.3, -0.25) is 9.88 Å². The first-order chi connectivity index (χ1) is 9.56. The van der Waals surface area contributed by atoms with Crippen LogP contribution in [-0.4, -0.2) is 23.0 Å². The van der Waals surface area contributed by atoms with Gasteiger partial charge in [-0.2, -0.15) is 0 Å². The maximum atomic E-state index is 4.57. The molecule has 0 amide bonds. The van der Waals surface area contributed by atoms with Gasteiger partial charge in [0.25, 0.3) is 0 Å². The molecule has 2 nitrogen and oxygen atoms in total. The number of nitrogens with zero attached hydrogens (tertiary/aromatic N) is 2. The van der Waals surface area contributed by atoms with E-state index in [4.69, 9.17) is 0 Å². The number of aromatic nitrogens is 1. The van der Waals surface area contributed by atoms with E-state index in [0.29, 0.717) is 11.8 Å². The normalized spacial score (nSPS) is 11.9. The summed E-state index contributed by atoms with van der Waals surface area (Å²) in [6.45, 7) is 12.4. The fraction of sp³-hybridized carbons (Fsp3) is 0.500. The summed E-state index contributed by atoms with van der Waals surface area (Å²) in [5.74, 6) is 1.38. The highest BCUT2D eigenvalue weighted by atomic mass is 15.1. The van der Waals surface area contributed by atoms with E-state index < -0.39 is 0 Å². The number of pyridine rings is 1. The molecule has 0 unspecified atom stereocenters. The van der Waals surface area contributed by atoms with Crippen molar-refractivity contribution in [3.63, 3.8) is 0 Å². The lowest BCUT2D eigenvalue weighted by molar-refractivity contribution is 0.212. The number of hydrogen-bond donors (Lipinski definition) is 0. The van der Waals surface area contributed by atoms with Gasteiger partial charge in [0, 0.05) is 31.2 Å². The van der Waals surface area contributed by atoms with Gasteiger partial charge in [0.15, 0.2) is 0 Å². The zero-order valence-electron chi connectivity index (χ0n) is 13.1. The summed E-state index contributed by atoms with van der Waals surface area (Å²) in [5, 5.41) is 1.24. The zero-order chi connectivity index (χ0) is 14.5. The molecule has 0 radical (unpaired) electrons. The van der Waals surface area contributed by atoms with Crippen LogP contribution in [0.25, 0.3) is 10.9 Å². The Hall–Kier alpha value is -1.41.